The maximum atomic E-state index is 14.3. The molecule has 0 fully saturated rings. The van der Waals surface area contributed by atoms with Crippen molar-refractivity contribution in [3.8, 4) is 33.6 Å². The molecule has 0 radical (unpaired) electrons. The molecule has 0 aliphatic heterocycles. The molecule has 13 heteroatoms. The molecule has 0 spiro atoms. The van der Waals surface area contributed by atoms with Crippen LogP contribution in [0.5, 0.6) is 0 Å². The second-order valence-corrected chi connectivity index (χ2v) is 13.4. The van der Waals surface area contributed by atoms with Gasteiger partial charge < -0.3 is 24.5 Å². The first-order chi connectivity index (χ1) is 26.9. The van der Waals surface area contributed by atoms with E-state index in [-0.39, 0.29) is 32.2 Å². The van der Waals surface area contributed by atoms with Gasteiger partial charge in [0.25, 0.3) is 0 Å². The van der Waals surface area contributed by atoms with E-state index in [0.717, 1.165) is 50.3 Å². The summed E-state index contributed by atoms with van der Waals surface area (Å²) in [5.41, 5.74) is 15.1. The third kappa shape index (κ3) is 8.52. The van der Waals surface area contributed by atoms with Crippen LogP contribution in [0.15, 0.2) is 97.6 Å². The Kier molecular flexibility index (Phi) is 11.8. The highest BCUT2D eigenvalue weighted by atomic mass is 16.6. The molecule has 1 amide bonds. The zero-order valence-corrected chi connectivity index (χ0v) is 31.2. The summed E-state index contributed by atoms with van der Waals surface area (Å²) in [5, 5.41) is 8.83. The van der Waals surface area contributed by atoms with Gasteiger partial charge in [0.1, 0.15) is 12.4 Å². The molecule has 0 bridgehead atoms. The number of hydrogen-bond acceptors (Lipinski definition) is 8. The van der Waals surface area contributed by atoms with Gasteiger partial charge in [-0.3, -0.25) is 14.3 Å². The molecule has 55 heavy (non-hydrogen) atoms. The molecule has 3 heterocycles. The number of carbonyl (C=O) groups excluding carboxylic acids is 1. The second kappa shape index (κ2) is 17.4. The van der Waals surface area contributed by atoms with Crippen molar-refractivity contribution >= 4 is 11.8 Å². The quantitative estimate of drug-likeness (QED) is 0.0862. The van der Waals surface area contributed by atoms with Gasteiger partial charge in [-0.15, -0.1) is 0 Å². The van der Waals surface area contributed by atoms with Gasteiger partial charge in [-0.2, -0.15) is 10.2 Å². The van der Waals surface area contributed by atoms with Crippen molar-refractivity contribution in [2.45, 2.75) is 25.4 Å². The Labute approximate surface area is 320 Å². The Morgan fingerprint density at radius 3 is 2.16 bits per heavy atom. The number of ether oxygens (including phenoxy) is 3. The lowest BCUT2D eigenvalue weighted by Gasteiger charge is -2.24. The number of rotatable bonds is 17. The van der Waals surface area contributed by atoms with Crippen LogP contribution in [-0.2, 0) is 47.8 Å². The van der Waals surface area contributed by atoms with E-state index in [4.69, 9.17) is 31.5 Å². The lowest BCUT2D eigenvalue weighted by molar-refractivity contribution is 0.0357. The Balaban J connectivity index is 1.22. The summed E-state index contributed by atoms with van der Waals surface area (Å²) in [5.74, 6) is 0.588. The SMILES string of the molecule is [C-]#[N+]c1ccc(-c2c(-c3cnn(C)c3)nc(CN(CCOCCOCCN)C(=O)OCC3c4ccccc4-c4ccccc43)n2CCc2cnn(C)c2)cc1. The monoisotopic (exact) mass is 739 g/mol. The minimum absolute atomic E-state index is 0.0853. The Bertz CT molecular complexity index is 2220. The fraction of sp³-hybridized carbons (Fsp3) is 0.310. The summed E-state index contributed by atoms with van der Waals surface area (Å²) in [6.45, 7) is 10.6. The van der Waals surface area contributed by atoms with Crippen molar-refractivity contribution in [1.29, 1.82) is 0 Å². The van der Waals surface area contributed by atoms with Crippen LogP contribution in [0.3, 0.4) is 0 Å². The molecule has 13 nitrogen and oxygen atoms in total. The number of imidazole rings is 1. The number of amides is 1. The molecule has 0 saturated carbocycles. The van der Waals surface area contributed by atoms with Gasteiger partial charge in [0, 0.05) is 57.6 Å². The first-order valence-corrected chi connectivity index (χ1v) is 18.4. The minimum Gasteiger partial charge on any atom is -0.448 e. The van der Waals surface area contributed by atoms with Gasteiger partial charge >= 0.3 is 6.09 Å². The largest absolute Gasteiger partial charge is 0.448 e. The molecule has 282 valence electrons. The van der Waals surface area contributed by atoms with E-state index in [2.05, 4.69) is 43.9 Å². The Hall–Kier alpha value is -6.07. The van der Waals surface area contributed by atoms with Crippen molar-refractivity contribution < 1.29 is 19.0 Å². The van der Waals surface area contributed by atoms with Gasteiger partial charge in [-0.1, -0.05) is 72.8 Å². The number of carbonyl (C=O) groups is 1. The number of fused-ring (bicyclic) bond motifs is 3. The summed E-state index contributed by atoms with van der Waals surface area (Å²) in [6.07, 6.45) is 7.79. The molecule has 1 aliphatic carbocycles. The van der Waals surface area contributed by atoms with Gasteiger partial charge in [-0.25, -0.2) is 14.6 Å². The van der Waals surface area contributed by atoms with Crippen LogP contribution in [0.4, 0.5) is 10.5 Å². The van der Waals surface area contributed by atoms with Crippen LogP contribution in [-0.4, -0.2) is 86.2 Å². The van der Waals surface area contributed by atoms with Crippen molar-refractivity contribution in [2.24, 2.45) is 19.8 Å². The van der Waals surface area contributed by atoms with E-state index in [0.29, 0.717) is 50.8 Å². The molecular weight excluding hydrogens is 695 g/mol. The minimum atomic E-state index is -0.461. The molecule has 7 rings (SSSR count). The first-order valence-electron chi connectivity index (χ1n) is 18.4. The third-order valence-electron chi connectivity index (χ3n) is 9.74. The smallest absolute Gasteiger partial charge is 0.410 e. The van der Waals surface area contributed by atoms with E-state index in [9.17, 15) is 4.79 Å². The fourth-order valence-electron chi connectivity index (χ4n) is 7.10. The standard InChI is InChI=1S/C42H45N9O4/c1-44-33-14-12-31(13-15-33)41-40(32-25-46-49(3)27-32)47-39(51(41)18-16-30-24-45-48(2)26-30)28-50(19-21-54-23-22-53-20-17-43)42(52)55-29-38-36-10-6-4-8-34(36)35-9-5-7-11-37(35)38/h4-15,24-27,38H,16-23,28-29,43H2,2-3H3. The Morgan fingerprint density at radius 2 is 1.53 bits per heavy atom. The van der Waals surface area contributed by atoms with Gasteiger partial charge in [-0.05, 0) is 39.8 Å². The molecule has 2 N–H and O–H groups in total. The molecule has 0 unspecified atom stereocenters. The fourth-order valence-corrected chi connectivity index (χ4v) is 7.10. The summed E-state index contributed by atoms with van der Waals surface area (Å²) in [7, 11) is 3.77. The van der Waals surface area contributed by atoms with Crippen LogP contribution in [0.2, 0.25) is 0 Å². The third-order valence-corrected chi connectivity index (χ3v) is 9.74. The van der Waals surface area contributed by atoms with E-state index in [1.54, 1.807) is 20.5 Å². The van der Waals surface area contributed by atoms with Crippen molar-refractivity contribution in [1.82, 2.24) is 34.0 Å². The second-order valence-electron chi connectivity index (χ2n) is 13.4. The molecule has 3 aromatic carbocycles. The first kappa shape index (κ1) is 37.3. The van der Waals surface area contributed by atoms with Gasteiger partial charge in [0.15, 0.2) is 5.69 Å². The highest BCUT2D eigenvalue weighted by Gasteiger charge is 2.31. The van der Waals surface area contributed by atoms with E-state index in [1.165, 1.54) is 0 Å². The van der Waals surface area contributed by atoms with Gasteiger partial charge in [0.05, 0.1) is 63.3 Å². The summed E-state index contributed by atoms with van der Waals surface area (Å²) in [4.78, 5) is 24.8. The zero-order valence-electron chi connectivity index (χ0n) is 31.2. The molecule has 0 atom stereocenters. The lowest BCUT2D eigenvalue weighted by atomic mass is 9.98. The van der Waals surface area contributed by atoms with E-state index in [1.807, 2.05) is 81.2 Å². The summed E-state index contributed by atoms with van der Waals surface area (Å²) in [6, 6.07) is 24.1. The maximum Gasteiger partial charge on any atom is 0.410 e. The molecule has 6 aromatic rings. The van der Waals surface area contributed by atoms with Crippen molar-refractivity contribution in [3.63, 3.8) is 0 Å². The molecular formula is C42H45N9O4. The van der Waals surface area contributed by atoms with Crippen molar-refractivity contribution in [3.05, 3.63) is 132 Å². The average molecular weight is 740 g/mol. The zero-order chi connectivity index (χ0) is 38.1. The Morgan fingerprint density at radius 1 is 0.855 bits per heavy atom. The normalized spacial score (nSPS) is 12.0. The van der Waals surface area contributed by atoms with Crippen LogP contribution in [0.1, 0.15) is 28.4 Å². The van der Waals surface area contributed by atoms with E-state index >= 15 is 0 Å². The van der Waals surface area contributed by atoms with Crippen LogP contribution in [0, 0.1) is 6.57 Å². The predicted octanol–water partition coefficient (Wildman–Crippen LogP) is 6.22. The van der Waals surface area contributed by atoms with Crippen LogP contribution in [0.25, 0.3) is 38.5 Å². The number of aromatic nitrogens is 6. The number of hydrogen-bond donors (Lipinski definition) is 1. The van der Waals surface area contributed by atoms with Crippen molar-refractivity contribution in [2.75, 3.05) is 46.1 Å². The number of nitrogens with zero attached hydrogens (tertiary/aromatic N) is 8. The number of benzene rings is 3. The predicted molar refractivity (Wildman–Crippen MR) is 209 cm³/mol. The lowest BCUT2D eigenvalue weighted by Crippen LogP contribution is -2.36. The number of nitrogens with two attached hydrogens (primary N) is 1. The average Bonchev–Trinajstić information content (AvgIpc) is 3.99. The summed E-state index contributed by atoms with van der Waals surface area (Å²) < 4.78 is 23.3. The maximum absolute atomic E-state index is 14.3. The number of aryl methyl sites for hydroxylation is 3. The molecule has 1 aliphatic rings. The van der Waals surface area contributed by atoms with E-state index < -0.39 is 6.09 Å². The highest BCUT2D eigenvalue weighted by molar-refractivity contribution is 5.80. The van der Waals surface area contributed by atoms with Gasteiger partial charge in [0.2, 0.25) is 0 Å². The molecule has 0 saturated heterocycles. The summed E-state index contributed by atoms with van der Waals surface area (Å²) >= 11 is 0. The molecule has 3 aromatic heterocycles. The van der Waals surface area contributed by atoms with Crippen LogP contribution < -0.4 is 5.73 Å². The topological polar surface area (TPSA) is 132 Å². The van der Waals surface area contributed by atoms with Crippen LogP contribution >= 0.6 is 0 Å². The highest BCUT2D eigenvalue weighted by Crippen LogP contribution is 2.44.